The van der Waals surface area contributed by atoms with Crippen LogP contribution in [0.25, 0.3) is 0 Å². The van der Waals surface area contributed by atoms with Gasteiger partial charge < -0.3 is 10.2 Å². The maximum absolute atomic E-state index is 12.0. The second-order valence-corrected chi connectivity index (χ2v) is 7.93. The molecule has 3 rings (SSSR count). The fraction of sp³-hybridized carbons (Fsp3) is 0.667. The molecule has 1 aromatic heterocycles. The molecule has 1 saturated carbocycles. The highest BCUT2D eigenvalue weighted by Crippen LogP contribution is 2.29. The second kappa shape index (κ2) is 8.57. The van der Waals surface area contributed by atoms with Gasteiger partial charge in [0.1, 0.15) is 5.82 Å². The maximum Gasteiger partial charge on any atom is 0.230 e. The lowest BCUT2D eigenvalue weighted by Crippen LogP contribution is -2.39. The first-order valence-electron chi connectivity index (χ1n) is 8.85. The van der Waals surface area contributed by atoms with E-state index < -0.39 is 0 Å². The largest absolute Gasteiger partial charge is 0.357 e. The Bertz CT molecular complexity index is 482. The van der Waals surface area contributed by atoms with Crippen molar-refractivity contribution in [3.8, 4) is 0 Å². The van der Waals surface area contributed by atoms with Crippen molar-refractivity contribution in [3.63, 3.8) is 0 Å². The predicted molar refractivity (Wildman–Crippen MR) is 96.9 cm³/mol. The monoisotopic (exact) mass is 333 g/mol. The van der Waals surface area contributed by atoms with Crippen LogP contribution < -0.4 is 10.2 Å². The molecule has 2 heterocycles. The number of carbonyl (C=O) groups excluding carboxylic acids is 1. The Morgan fingerprint density at radius 3 is 2.70 bits per heavy atom. The first-order valence-corrected chi connectivity index (χ1v) is 9.90. The van der Waals surface area contributed by atoms with Gasteiger partial charge in [-0.3, -0.25) is 4.79 Å². The van der Waals surface area contributed by atoms with Crippen molar-refractivity contribution in [1.82, 2.24) is 10.3 Å². The summed E-state index contributed by atoms with van der Waals surface area (Å²) in [6, 6.07) is 6.06. The van der Waals surface area contributed by atoms with Crippen LogP contribution in [0.1, 0.15) is 38.5 Å². The van der Waals surface area contributed by atoms with Gasteiger partial charge in [0.25, 0.3) is 0 Å². The summed E-state index contributed by atoms with van der Waals surface area (Å²) in [7, 11) is 0. The zero-order valence-electron chi connectivity index (χ0n) is 13.7. The molecule has 0 spiro atoms. The molecule has 126 valence electrons. The second-order valence-electron chi connectivity index (χ2n) is 6.64. The average molecular weight is 334 g/mol. The lowest BCUT2D eigenvalue weighted by molar-refractivity contribution is -0.118. The van der Waals surface area contributed by atoms with Crippen LogP contribution in [0.5, 0.6) is 0 Å². The molecule has 1 aromatic rings. The third-order valence-corrected chi connectivity index (χ3v) is 6.30. The summed E-state index contributed by atoms with van der Waals surface area (Å²) in [5, 5.41) is 3.86. The van der Waals surface area contributed by atoms with Gasteiger partial charge in [-0.05, 0) is 43.7 Å². The Labute approximate surface area is 143 Å². The highest BCUT2D eigenvalue weighted by atomic mass is 32.2. The van der Waals surface area contributed by atoms with E-state index in [1.54, 1.807) is 0 Å². The van der Waals surface area contributed by atoms with Gasteiger partial charge in [-0.2, -0.15) is 0 Å². The molecule has 2 fully saturated rings. The number of thioether (sulfide) groups is 1. The molecule has 1 N–H and O–H groups in total. The van der Waals surface area contributed by atoms with E-state index >= 15 is 0 Å². The van der Waals surface area contributed by atoms with Crippen LogP contribution in [0, 0.1) is 5.92 Å². The molecule has 0 bridgehead atoms. The molecule has 23 heavy (non-hydrogen) atoms. The molecule has 2 aliphatic rings. The number of aromatic nitrogens is 1. The zero-order valence-corrected chi connectivity index (χ0v) is 14.6. The van der Waals surface area contributed by atoms with E-state index in [1.807, 2.05) is 30.1 Å². The normalized spacial score (nSPS) is 19.9. The van der Waals surface area contributed by atoms with Crippen molar-refractivity contribution >= 4 is 23.5 Å². The van der Waals surface area contributed by atoms with Gasteiger partial charge in [-0.15, -0.1) is 11.8 Å². The van der Waals surface area contributed by atoms with Crippen LogP contribution in [-0.2, 0) is 4.79 Å². The highest BCUT2D eigenvalue weighted by molar-refractivity contribution is 8.00. The quantitative estimate of drug-likeness (QED) is 0.869. The van der Waals surface area contributed by atoms with Gasteiger partial charge in [0.05, 0.1) is 5.75 Å². The standard InChI is InChI=1S/C18H27N3OS/c22-18(14-23-16-5-1-2-6-16)20-13-15-8-11-21(12-9-15)17-7-3-4-10-19-17/h3-4,7,10,15-16H,1-2,5-6,8-9,11-14H2,(H,20,22). The van der Waals surface area contributed by atoms with Crippen LogP contribution in [0.4, 0.5) is 5.82 Å². The summed E-state index contributed by atoms with van der Waals surface area (Å²) < 4.78 is 0. The summed E-state index contributed by atoms with van der Waals surface area (Å²) >= 11 is 1.85. The van der Waals surface area contributed by atoms with E-state index in [4.69, 9.17) is 0 Å². The van der Waals surface area contributed by atoms with Crippen LogP contribution in [-0.4, -0.2) is 41.5 Å². The molecule has 1 aliphatic heterocycles. The number of pyridine rings is 1. The van der Waals surface area contributed by atoms with Crippen molar-refractivity contribution in [2.45, 2.75) is 43.8 Å². The third-order valence-electron chi connectivity index (χ3n) is 4.93. The van der Waals surface area contributed by atoms with Crippen molar-refractivity contribution in [3.05, 3.63) is 24.4 Å². The Morgan fingerprint density at radius 1 is 1.22 bits per heavy atom. The first-order chi connectivity index (χ1) is 11.3. The molecule has 4 nitrogen and oxygen atoms in total. The number of nitrogens with one attached hydrogen (secondary N) is 1. The third kappa shape index (κ3) is 5.13. The summed E-state index contributed by atoms with van der Waals surface area (Å²) in [4.78, 5) is 18.7. The molecular formula is C18H27N3OS. The Morgan fingerprint density at radius 2 is 2.00 bits per heavy atom. The van der Waals surface area contributed by atoms with E-state index in [-0.39, 0.29) is 5.91 Å². The van der Waals surface area contributed by atoms with Crippen molar-refractivity contribution < 1.29 is 4.79 Å². The molecule has 5 heteroatoms. The number of piperidine rings is 1. The van der Waals surface area contributed by atoms with E-state index in [0.29, 0.717) is 11.7 Å². The molecule has 0 aromatic carbocycles. The minimum absolute atomic E-state index is 0.217. The number of amides is 1. The minimum Gasteiger partial charge on any atom is -0.357 e. The van der Waals surface area contributed by atoms with Crippen molar-refractivity contribution in [2.75, 3.05) is 30.3 Å². The fourth-order valence-corrected chi connectivity index (χ4v) is 4.62. The Balaban J connectivity index is 1.32. The van der Waals surface area contributed by atoms with E-state index in [1.165, 1.54) is 25.7 Å². The lowest BCUT2D eigenvalue weighted by Gasteiger charge is -2.32. The number of rotatable bonds is 6. The lowest BCUT2D eigenvalue weighted by atomic mass is 9.97. The fourth-order valence-electron chi connectivity index (χ4n) is 3.46. The van der Waals surface area contributed by atoms with Crippen LogP contribution in [0.3, 0.4) is 0 Å². The number of anilines is 1. The molecule has 1 saturated heterocycles. The summed E-state index contributed by atoms with van der Waals surface area (Å²) in [6.45, 7) is 2.91. The number of hydrogen-bond acceptors (Lipinski definition) is 4. The SMILES string of the molecule is O=C(CSC1CCCC1)NCC1CCN(c2ccccn2)CC1. The molecular weight excluding hydrogens is 306 g/mol. The molecule has 1 amide bonds. The van der Waals surface area contributed by atoms with Crippen molar-refractivity contribution in [1.29, 1.82) is 0 Å². The first kappa shape index (κ1) is 16.6. The number of hydrogen-bond donors (Lipinski definition) is 1. The van der Waals surface area contributed by atoms with Crippen LogP contribution in [0.15, 0.2) is 24.4 Å². The van der Waals surface area contributed by atoms with Crippen molar-refractivity contribution in [2.24, 2.45) is 5.92 Å². The summed E-state index contributed by atoms with van der Waals surface area (Å²) in [5.41, 5.74) is 0. The zero-order chi connectivity index (χ0) is 15.9. The Kier molecular flexibility index (Phi) is 6.20. The van der Waals surface area contributed by atoms with E-state index in [9.17, 15) is 4.79 Å². The number of carbonyl (C=O) groups is 1. The predicted octanol–water partition coefficient (Wildman–Crippen LogP) is 3.09. The van der Waals surface area contributed by atoms with Crippen LogP contribution >= 0.6 is 11.8 Å². The van der Waals surface area contributed by atoms with Gasteiger partial charge in [0, 0.05) is 31.1 Å². The number of nitrogens with zero attached hydrogens (tertiary/aromatic N) is 2. The molecule has 0 atom stereocenters. The maximum atomic E-state index is 12.0. The molecule has 0 unspecified atom stereocenters. The highest BCUT2D eigenvalue weighted by Gasteiger charge is 2.21. The summed E-state index contributed by atoms with van der Waals surface area (Å²) in [6.07, 6.45) is 9.39. The van der Waals surface area contributed by atoms with E-state index in [2.05, 4.69) is 21.3 Å². The van der Waals surface area contributed by atoms with Gasteiger partial charge in [0.2, 0.25) is 5.91 Å². The summed E-state index contributed by atoms with van der Waals surface area (Å²) in [5.74, 6) is 2.53. The van der Waals surface area contributed by atoms with Gasteiger partial charge in [0.15, 0.2) is 0 Å². The topological polar surface area (TPSA) is 45.2 Å². The van der Waals surface area contributed by atoms with Gasteiger partial charge in [-0.25, -0.2) is 4.98 Å². The Hall–Kier alpha value is -1.23. The smallest absolute Gasteiger partial charge is 0.230 e. The van der Waals surface area contributed by atoms with Crippen LogP contribution in [0.2, 0.25) is 0 Å². The minimum atomic E-state index is 0.217. The van der Waals surface area contributed by atoms with E-state index in [0.717, 1.165) is 43.5 Å². The average Bonchev–Trinajstić information content (AvgIpc) is 3.13. The molecule has 0 radical (unpaired) electrons. The molecule has 1 aliphatic carbocycles. The van der Waals surface area contributed by atoms with Gasteiger partial charge >= 0.3 is 0 Å². The van der Waals surface area contributed by atoms with Gasteiger partial charge in [-0.1, -0.05) is 18.9 Å².